The fraction of sp³-hybridized carbons (Fsp3) is 0.542. The summed E-state index contributed by atoms with van der Waals surface area (Å²) in [6.07, 6.45) is 5.22. The molecule has 1 aliphatic carbocycles. The number of carbonyl (C=O) groups excluding carboxylic acids is 2. The first-order chi connectivity index (χ1) is 15.4. The van der Waals surface area contributed by atoms with Crippen LogP contribution in [0.25, 0.3) is 0 Å². The highest BCUT2D eigenvalue weighted by atomic mass is 16.5. The van der Waals surface area contributed by atoms with Gasteiger partial charge in [-0.25, -0.2) is 0 Å². The topological polar surface area (TPSA) is 93.9 Å². The second kappa shape index (κ2) is 11.0. The maximum atomic E-state index is 13.5. The zero-order valence-electron chi connectivity index (χ0n) is 19.3. The normalized spacial score (nSPS) is 14.3. The zero-order chi connectivity index (χ0) is 23.1. The zero-order valence-corrected chi connectivity index (χ0v) is 19.3. The summed E-state index contributed by atoms with van der Waals surface area (Å²) < 4.78 is 16.1. The number of nitrogens with zero attached hydrogens (tertiary/aromatic N) is 2. The number of aromatic nitrogens is 1. The van der Waals surface area contributed by atoms with Gasteiger partial charge in [-0.15, -0.1) is 0 Å². The molecule has 0 spiro atoms. The van der Waals surface area contributed by atoms with Crippen molar-refractivity contribution < 1.29 is 23.6 Å². The van der Waals surface area contributed by atoms with Crippen LogP contribution in [-0.2, 0) is 6.54 Å². The highest BCUT2D eigenvalue weighted by Crippen LogP contribution is 2.30. The van der Waals surface area contributed by atoms with Crippen molar-refractivity contribution in [2.45, 2.75) is 58.5 Å². The lowest BCUT2D eigenvalue weighted by Gasteiger charge is -2.34. The Balaban J connectivity index is 1.81. The van der Waals surface area contributed by atoms with Gasteiger partial charge in [0.25, 0.3) is 11.8 Å². The minimum absolute atomic E-state index is 0.104. The number of nitrogens with one attached hydrogen (secondary N) is 1. The lowest BCUT2D eigenvalue weighted by atomic mass is 9.93. The minimum atomic E-state index is -0.274. The SMILES string of the molecule is COc1ccc(C(=O)N(Cc2cc(C(=O)NCC(C)C)no2)C2CCCCC2)cc1OC. The Morgan fingerprint density at radius 1 is 1.12 bits per heavy atom. The number of ether oxygens (including phenoxy) is 2. The summed E-state index contributed by atoms with van der Waals surface area (Å²) >= 11 is 0. The Morgan fingerprint density at radius 3 is 2.50 bits per heavy atom. The Kier molecular flexibility index (Phi) is 8.14. The highest BCUT2D eigenvalue weighted by Gasteiger charge is 2.28. The van der Waals surface area contributed by atoms with Gasteiger partial charge in [0.05, 0.1) is 20.8 Å². The average Bonchev–Trinajstić information content (AvgIpc) is 3.29. The van der Waals surface area contributed by atoms with Crippen LogP contribution in [0.5, 0.6) is 11.5 Å². The Morgan fingerprint density at radius 2 is 1.84 bits per heavy atom. The summed E-state index contributed by atoms with van der Waals surface area (Å²) in [5.74, 6) is 1.51. The van der Waals surface area contributed by atoms with Gasteiger partial charge >= 0.3 is 0 Å². The molecule has 0 unspecified atom stereocenters. The number of rotatable bonds is 9. The van der Waals surface area contributed by atoms with E-state index in [0.29, 0.717) is 35.3 Å². The van der Waals surface area contributed by atoms with Crippen molar-refractivity contribution >= 4 is 11.8 Å². The van der Waals surface area contributed by atoms with Gasteiger partial charge in [-0.3, -0.25) is 9.59 Å². The summed E-state index contributed by atoms with van der Waals surface area (Å²) in [5.41, 5.74) is 0.741. The van der Waals surface area contributed by atoms with Crippen LogP contribution < -0.4 is 14.8 Å². The molecule has 1 N–H and O–H groups in total. The van der Waals surface area contributed by atoms with E-state index in [-0.39, 0.29) is 30.1 Å². The van der Waals surface area contributed by atoms with Gasteiger partial charge in [-0.1, -0.05) is 38.3 Å². The van der Waals surface area contributed by atoms with Crippen LogP contribution in [0.4, 0.5) is 0 Å². The van der Waals surface area contributed by atoms with E-state index >= 15 is 0 Å². The predicted octanol–water partition coefficient (Wildman–Crippen LogP) is 4.05. The molecule has 0 saturated heterocycles. The molecule has 0 bridgehead atoms. The van der Waals surface area contributed by atoms with E-state index in [1.165, 1.54) is 6.42 Å². The number of benzene rings is 1. The van der Waals surface area contributed by atoms with Crippen molar-refractivity contribution in [3.8, 4) is 11.5 Å². The first kappa shape index (κ1) is 23.6. The highest BCUT2D eigenvalue weighted by molar-refractivity contribution is 5.95. The van der Waals surface area contributed by atoms with Gasteiger partial charge < -0.3 is 24.2 Å². The summed E-state index contributed by atoms with van der Waals surface area (Å²) in [4.78, 5) is 27.6. The van der Waals surface area contributed by atoms with Gasteiger partial charge in [0, 0.05) is 24.2 Å². The van der Waals surface area contributed by atoms with Crippen LogP contribution in [0, 0.1) is 5.92 Å². The number of methoxy groups -OCH3 is 2. The molecule has 1 aliphatic rings. The van der Waals surface area contributed by atoms with E-state index in [1.807, 2.05) is 18.7 Å². The molecule has 0 atom stereocenters. The number of hydrogen-bond donors (Lipinski definition) is 1. The monoisotopic (exact) mass is 443 g/mol. The van der Waals surface area contributed by atoms with E-state index < -0.39 is 0 Å². The Labute approximate surface area is 189 Å². The van der Waals surface area contributed by atoms with Crippen molar-refractivity contribution in [3.05, 3.63) is 41.3 Å². The van der Waals surface area contributed by atoms with Crippen LogP contribution in [0.3, 0.4) is 0 Å². The van der Waals surface area contributed by atoms with Gasteiger partial charge in [-0.2, -0.15) is 0 Å². The fourth-order valence-corrected chi connectivity index (χ4v) is 3.94. The minimum Gasteiger partial charge on any atom is -0.493 e. The summed E-state index contributed by atoms with van der Waals surface area (Å²) in [6.45, 7) is 4.86. The molecule has 2 amide bonds. The number of amides is 2. The van der Waals surface area contributed by atoms with Crippen LogP contribution in [0.1, 0.15) is 72.6 Å². The van der Waals surface area contributed by atoms with E-state index in [9.17, 15) is 9.59 Å². The van der Waals surface area contributed by atoms with Crippen LogP contribution >= 0.6 is 0 Å². The maximum Gasteiger partial charge on any atom is 0.273 e. The molecule has 2 aromatic rings. The number of hydrogen-bond acceptors (Lipinski definition) is 6. The second-order valence-corrected chi connectivity index (χ2v) is 8.58. The summed E-state index contributed by atoms with van der Waals surface area (Å²) in [7, 11) is 3.11. The first-order valence-electron chi connectivity index (χ1n) is 11.2. The van der Waals surface area contributed by atoms with Crippen molar-refractivity contribution in [1.82, 2.24) is 15.4 Å². The largest absolute Gasteiger partial charge is 0.493 e. The molecule has 3 rings (SSSR count). The van der Waals surface area contributed by atoms with Crippen molar-refractivity contribution in [3.63, 3.8) is 0 Å². The van der Waals surface area contributed by atoms with Gasteiger partial charge in [0.2, 0.25) is 0 Å². The molecule has 174 valence electrons. The van der Waals surface area contributed by atoms with E-state index in [4.69, 9.17) is 14.0 Å². The molecule has 1 saturated carbocycles. The van der Waals surface area contributed by atoms with Gasteiger partial charge in [-0.05, 0) is 37.0 Å². The fourth-order valence-electron chi connectivity index (χ4n) is 3.94. The first-order valence-corrected chi connectivity index (χ1v) is 11.2. The van der Waals surface area contributed by atoms with Crippen LogP contribution in [0.2, 0.25) is 0 Å². The van der Waals surface area contributed by atoms with Crippen LogP contribution in [-0.4, -0.2) is 48.7 Å². The quantitative estimate of drug-likeness (QED) is 0.628. The molecule has 1 heterocycles. The third-order valence-electron chi connectivity index (χ3n) is 5.70. The standard InChI is InChI=1S/C24H33N3O5/c1-16(2)14-25-23(28)20-13-19(32-26-20)15-27(18-8-6-5-7-9-18)24(29)17-10-11-21(30-3)22(12-17)31-4/h10-13,16,18H,5-9,14-15H2,1-4H3,(H,25,28). The van der Waals surface area contributed by atoms with Crippen molar-refractivity contribution in [2.24, 2.45) is 5.92 Å². The molecule has 1 fully saturated rings. The maximum absolute atomic E-state index is 13.5. The summed E-state index contributed by atoms with van der Waals surface area (Å²) in [6, 6.07) is 6.89. The lowest BCUT2D eigenvalue weighted by molar-refractivity contribution is 0.0590. The number of carbonyl (C=O) groups is 2. The van der Waals surface area contributed by atoms with Gasteiger partial charge in [0.1, 0.15) is 0 Å². The molecule has 1 aromatic heterocycles. The molecule has 0 radical (unpaired) electrons. The average molecular weight is 444 g/mol. The lowest BCUT2D eigenvalue weighted by Crippen LogP contribution is -2.41. The molecule has 1 aromatic carbocycles. The molecular weight excluding hydrogens is 410 g/mol. The predicted molar refractivity (Wildman–Crippen MR) is 120 cm³/mol. The van der Waals surface area contributed by atoms with E-state index in [2.05, 4.69) is 10.5 Å². The smallest absolute Gasteiger partial charge is 0.273 e. The van der Waals surface area contributed by atoms with Crippen molar-refractivity contribution in [2.75, 3.05) is 20.8 Å². The molecular formula is C24H33N3O5. The third kappa shape index (κ3) is 5.81. The van der Waals surface area contributed by atoms with Crippen LogP contribution in [0.15, 0.2) is 28.8 Å². The van der Waals surface area contributed by atoms with E-state index in [1.54, 1.807) is 38.5 Å². The van der Waals surface area contributed by atoms with E-state index in [0.717, 1.165) is 25.7 Å². The van der Waals surface area contributed by atoms with Gasteiger partial charge in [0.15, 0.2) is 23.0 Å². The second-order valence-electron chi connectivity index (χ2n) is 8.58. The van der Waals surface area contributed by atoms with Crippen molar-refractivity contribution in [1.29, 1.82) is 0 Å². The Hall–Kier alpha value is -3.03. The molecule has 8 nitrogen and oxygen atoms in total. The third-order valence-corrected chi connectivity index (χ3v) is 5.70. The Bertz CT molecular complexity index is 918. The molecule has 0 aliphatic heterocycles. The summed E-state index contributed by atoms with van der Waals surface area (Å²) in [5, 5.41) is 6.75. The molecule has 32 heavy (non-hydrogen) atoms. The molecule has 8 heteroatoms.